The Balaban J connectivity index is 1.92. The molecule has 2 amide bonds. The summed E-state index contributed by atoms with van der Waals surface area (Å²) in [6.07, 6.45) is 1.17. The van der Waals surface area contributed by atoms with Crippen LogP contribution in [0.25, 0.3) is 0 Å². The molecule has 0 fully saturated rings. The number of nitrogens with one attached hydrogen (secondary N) is 2. The highest BCUT2D eigenvalue weighted by atomic mass is 35.5. The Bertz CT molecular complexity index is 963. The van der Waals surface area contributed by atoms with Gasteiger partial charge in [0, 0.05) is 28.3 Å². The van der Waals surface area contributed by atoms with Gasteiger partial charge < -0.3 is 14.8 Å². The van der Waals surface area contributed by atoms with Crippen molar-refractivity contribution in [3.05, 3.63) is 62.7 Å². The van der Waals surface area contributed by atoms with Crippen molar-refractivity contribution in [2.45, 2.75) is 0 Å². The van der Waals surface area contributed by atoms with Gasteiger partial charge in [0.15, 0.2) is 11.5 Å². The fourth-order valence-electron chi connectivity index (χ4n) is 2.20. The van der Waals surface area contributed by atoms with E-state index in [0.29, 0.717) is 11.5 Å². The zero-order valence-electron chi connectivity index (χ0n) is 15.5. The molecule has 0 aliphatic carbocycles. The Kier molecular flexibility index (Phi) is 7.49. The Hall–Kier alpha value is -3.66. The third-order valence-electron chi connectivity index (χ3n) is 3.64. The van der Waals surface area contributed by atoms with Crippen LogP contribution in [0, 0.1) is 10.1 Å². The number of ether oxygens (including phenoxy) is 2. The second-order valence-electron chi connectivity index (χ2n) is 5.51. The summed E-state index contributed by atoms with van der Waals surface area (Å²) in [6.45, 7) is -0.340. The molecule has 11 heteroatoms. The first-order chi connectivity index (χ1) is 13.8. The minimum Gasteiger partial charge on any atom is -0.493 e. The van der Waals surface area contributed by atoms with E-state index in [1.54, 1.807) is 6.07 Å². The van der Waals surface area contributed by atoms with Crippen LogP contribution in [0.5, 0.6) is 11.5 Å². The summed E-state index contributed by atoms with van der Waals surface area (Å²) in [4.78, 5) is 34.2. The lowest BCUT2D eigenvalue weighted by Gasteiger charge is -2.09. The standard InChI is InChI=1S/C18H17ClN4O6/c1-28-15-6-3-11(8-16(15)29-2)18(25)20-10-17(24)22-21-9-12-7-13(23(26)27)4-5-14(12)19/h3-9H,10H2,1-2H3,(H,20,25)(H,22,24)/b21-9-. The third kappa shape index (κ3) is 5.91. The molecule has 10 nitrogen and oxygen atoms in total. The molecule has 2 rings (SSSR count). The van der Waals surface area contributed by atoms with Gasteiger partial charge in [-0.2, -0.15) is 5.10 Å². The highest BCUT2D eigenvalue weighted by Crippen LogP contribution is 2.27. The van der Waals surface area contributed by atoms with E-state index in [1.807, 2.05) is 0 Å². The summed E-state index contributed by atoms with van der Waals surface area (Å²) in [6, 6.07) is 8.40. The van der Waals surface area contributed by atoms with E-state index in [2.05, 4.69) is 15.8 Å². The number of nitro groups is 1. The van der Waals surface area contributed by atoms with E-state index in [1.165, 1.54) is 50.8 Å². The van der Waals surface area contributed by atoms with Crippen molar-refractivity contribution in [2.75, 3.05) is 20.8 Å². The molecule has 0 aromatic heterocycles. The molecule has 0 unspecified atom stereocenters. The number of methoxy groups -OCH3 is 2. The number of amides is 2. The fourth-order valence-corrected chi connectivity index (χ4v) is 2.36. The number of carbonyl (C=O) groups is 2. The summed E-state index contributed by atoms with van der Waals surface area (Å²) >= 11 is 5.93. The van der Waals surface area contributed by atoms with Crippen LogP contribution in [0.4, 0.5) is 5.69 Å². The molecule has 29 heavy (non-hydrogen) atoms. The fraction of sp³-hybridized carbons (Fsp3) is 0.167. The average Bonchev–Trinajstić information content (AvgIpc) is 2.72. The first-order valence-electron chi connectivity index (χ1n) is 8.11. The van der Waals surface area contributed by atoms with Crippen LogP contribution in [-0.2, 0) is 4.79 Å². The van der Waals surface area contributed by atoms with E-state index < -0.39 is 16.7 Å². The first-order valence-corrected chi connectivity index (χ1v) is 8.49. The third-order valence-corrected chi connectivity index (χ3v) is 3.98. The number of benzene rings is 2. The Morgan fingerprint density at radius 2 is 1.90 bits per heavy atom. The van der Waals surface area contributed by atoms with Crippen LogP contribution >= 0.6 is 11.6 Å². The summed E-state index contributed by atoms with van der Waals surface area (Å²) in [7, 11) is 2.92. The Morgan fingerprint density at radius 1 is 1.17 bits per heavy atom. The van der Waals surface area contributed by atoms with Crippen molar-refractivity contribution >= 4 is 35.3 Å². The number of halogens is 1. The van der Waals surface area contributed by atoms with Gasteiger partial charge in [0.25, 0.3) is 17.5 Å². The van der Waals surface area contributed by atoms with E-state index in [4.69, 9.17) is 21.1 Å². The molecule has 0 atom stereocenters. The topological polar surface area (TPSA) is 132 Å². The number of rotatable bonds is 8. The molecule has 152 valence electrons. The van der Waals surface area contributed by atoms with Crippen LogP contribution in [0.3, 0.4) is 0 Å². The first kappa shape index (κ1) is 21.6. The lowest BCUT2D eigenvalue weighted by Crippen LogP contribution is -2.34. The summed E-state index contributed by atoms with van der Waals surface area (Å²) < 4.78 is 10.2. The number of non-ortho nitro benzene ring substituents is 1. The van der Waals surface area contributed by atoms with Gasteiger partial charge in [0.05, 0.1) is 31.9 Å². The van der Waals surface area contributed by atoms with Crippen LogP contribution in [0.2, 0.25) is 5.02 Å². The molecule has 0 radical (unpaired) electrons. The lowest BCUT2D eigenvalue weighted by atomic mass is 10.2. The minimum absolute atomic E-state index is 0.163. The molecule has 0 saturated carbocycles. The summed E-state index contributed by atoms with van der Waals surface area (Å²) in [5.41, 5.74) is 2.57. The molecule has 0 bridgehead atoms. The van der Waals surface area contributed by atoms with Gasteiger partial charge in [0.2, 0.25) is 0 Å². The molecule has 0 aliphatic rings. The predicted octanol–water partition coefficient (Wildman–Crippen LogP) is 2.15. The van der Waals surface area contributed by atoms with Gasteiger partial charge >= 0.3 is 0 Å². The number of hydrogen-bond donors (Lipinski definition) is 2. The molecule has 0 spiro atoms. The lowest BCUT2D eigenvalue weighted by molar-refractivity contribution is -0.384. The van der Waals surface area contributed by atoms with Gasteiger partial charge in [-0.1, -0.05) is 11.6 Å². The smallest absolute Gasteiger partial charge is 0.270 e. The molecule has 0 saturated heterocycles. The van der Waals surface area contributed by atoms with E-state index >= 15 is 0 Å². The number of nitrogens with zero attached hydrogens (tertiary/aromatic N) is 2. The molecule has 2 N–H and O–H groups in total. The van der Waals surface area contributed by atoms with Crippen molar-refractivity contribution in [1.29, 1.82) is 0 Å². The highest BCUT2D eigenvalue weighted by Gasteiger charge is 2.12. The molecular weight excluding hydrogens is 404 g/mol. The second-order valence-corrected chi connectivity index (χ2v) is 5.92. The van der Waals surface area contributed by atoms with E-state index in [9.17, 15) is 19.7 Å². The molecule has 2 aromatic rings. The average molecular weight is 421 g/mol. The number of hydrazone groups is 1. The van der Waals surface area contributed by atoms with Gasteiger partial charge in [-0.15, -0.1) is 0 Å². The SMILES string of the molecule is COc1ccc(C(=O)NCC(=O)N/N=C\c2cc([N+](=O)[O-])ccc2Cl)cc1OC. The Morgan fingerprint density at radius 3 is 2.55 bits per heavy atom. The molecule has 0 aliphatic heterocycles. The predicted molar refractivity (Wildman–Crippen MR) is 106 cm³/mol. The Labute approximate surface area is 170 Å². The van der Waals surface area contributed by atoms with Gasteiger partial charge in [-0.25, -0.2) is 5.43 Å². The zero-order valence-corrected chi connectivity index (χ0v) is 16.2. The van der Waals surface area contributed by atoms with Crippen LogP contribution in [-0.4, -0.2) is 43.7 Å². The maximum Gasteiger partial charge on any atom is 0.270 e. The van der Waals surface area contributed by atoms with Gasteiger partial charge in [-0.3, -0.25) is 19.7 Å². The normalized spacial score (nSPS) is 10.4. The maximum absolute atomic E-state index is 12.2. The minimum atomic E-state index is -0.600. The van der Waals surface area contributed by atoms with Crippen molar-refractivity contribution in [3.8, 4) is 11.5 Å². The molecule has 2 aromatic carbocycles. The molecule has 0 heterocycles. The maximum atomic E-state index is 12.2. The largest absolute Gasteiger partial charge is 0.493 e. The monoisotopic (exact) mass is 420 g/mol. The van der Waals surface area contributed by atoms with Crippen LogP contribution in [0.1, 0.15) is 15.9 Å². The quantitative estimate of drug-likeness (QED) is 0.382. The van der Waals surface area contributed by atoms with Crippen molar-refractivity contribution < 1.29 is 24.0 Å². The highest BCUT2D eigenvalue weighted by molar-refractivity contribution is 6.33. The van der Waals surface area contributed by atoms with E-state index in [0.717, 1.165) is 0 Å². The van der Waals surface area contributed by atoms with Gasteiger partial charge in [-0.05, 0) is 24.3 Å². The number of carbonyl (C=O) groups excluding carboxylic acids is 2. The van der Waals surface area contributed by atoms with Crippen molar-refractivity contribution in [2.24, 2.45) is 5.10 Å². The van der Waals surface area contributed by atoms with Crippen molar-refractivity contribution in [1.82, 2.24) is 10.7 Å². The number of nitro benzene ring substituents is 1. The second kappa shape index (κ2) is 10.0. The summed E-state index contributed by atoms with van der Waals surface area (Å²) in [5.74, 6) is -0.248. The van der Waals surface area contributed by atoms with E-state index in [-0.39, 0.29) is 28.4 Å². The zero-order chi connectivity index (χ0) is 21.4. The van der Waals surface area contributed by atoms with Crippen LogP contribution in [0.15, 0.2) is 41.5 Å². The summed E-state index contributed by atoms with van der Waals surface area (Å²) in [5, 5.41) is 17.1. The van der Waals surface area contributed by atoms with Crippen LogP contribution < -0.4 is 20.2 Å². The molecular formula is C18H17ClN4O6. The number of hydrogen-bond acceptors (Lipinski definition) is 7. The van der Waals surface area contributed by atoms with Gasteiger partial charge in [0.1, 0.15) is 0 Å². The van der Waals surface area contributed by atoms with Crippen molar-refractivity contribution in [3.63, 3.8) is 0 Å².